The molecule has 3 nitrogen and oxygen atoms in total. The Balaban J connectivity index is 1.98. The number of rotatable bonds is 11. The van der Waals surface area contributed by atoms with E-state index >= 15 is 0 Å². The smallest absolute Gasteiger partial charge is 0.141 e. The first kappa shape index (κ1) is 26.5. The van der Waals surface area contributed by atoms with Gasteiger partial charge in [0.1, 0.15) is 7.14 Å². The summed E-state index contributed by atoms with van der Waals surface area (Å²) in [5.41, 5.74) is 6.77. The van der Waals surface area contributed by atoms with Gasteiger partial charge in [-0.2, -0.15) is 0 Å². The third-order valence-electron chi connectivity index (χ3n) is 7.20. The molecule has 37 heavy (non-hydrogen) atoms. The van der Waals surface area contributed by atoms with E-state index in [1.165, 1.54) is 11.1 Å². The van der Waals surface area contributed by atoms with Crippen LogP contribution >= 0.6 is 7.14 Å². The van der Waals surface area contributed by atoms with Crippen molar-refractivity contribution < 1.29 is 4.57 Å². The number of benzene rings is 3. The second kappa shape index (κ2) is 11.2. The largest absolute Gasteiger partial charge is 0.364 e. The molecular formula is C33H37N2OP. The molecule has 0 atom stereocenters. The molecule has 0 unspecified atom stereocenters. The molecule has 0 aliphatic carbocycles. The molecule has 1 heterocycles. The molecule has 0 saturated heterocycles. The van der Waals surface area contributed by atoms with Gasteiger partial charge in [-0.05, 0) is 60.1 Å². The third-order valence-corrected chi connectivity index (χ3v) is 9.81. The average molecular weight is 509 g/mol. The summed E-state index contributed by atoms with van der Waals surface area (Å²) in [6.07, 6.45) is 7.56. The molecule has 1 aliphatic rings. The van der Waals surface area contributed by atoms with Crippen molar-refractivity contribution in [1.82, 2.24) is 0 Å². The molecule has 3 aromatic rings. The second-order valence-electron chi connectivity index (χ2n) is 9.66. The summed E-state index contributed by atoms with van der Waals surface area (Å²) in [5.74, 6) is 0.0100. The van der Waals surface area contributed by atoms with Gasteiger partial charge in [-0.25, -0.2) is 0 Å². The van der Waals surface area contributed by atoms with Crippen LogP contribution < -0.4 is 20.4 Å². The maximum Gasteiger partial charge on any atom is 0.141 e. The molecule has 0 aromatic heterocycles. The van der Waals surface area contributed by atoms with Crippen LogP contribution in [0, 0.1) is 6.92 Å². The van der Waals surface area contributed by atoms with Crippen LogP contribution in [0.1, 0.15) is 28.2 Å². The van der Waals surface area contributed by atoms with Crippen LogP contribution in [0.25, 0.3) is 0 Å². The number of aryl methyl sites for hydroxylation is 1. The van der Waals surface area contributed by atoms with E-state index in [9.17, 15) is 4.57 Å². The standard InChI is InChI=1S/C33H37N2OP/c1-7-19-34(20-8-2)26-15-17-29-31(23-26)37(6,36)32-24-27(35(21-9-3)22-10-4)16-18-30(32)33(29)28-14-12-11-13-25(28)5/h7-18,23-24,33H,1-4,19-22H2,5-6H3. The molecule has 4 rings (SSSR count). The van der Waals surface area contributed by atoms with Gasteiger partial charge in [0.15, 0.2) is 0 Å². The molecule has 4 heteroatoms. The summed E-state index contributed by atoms with van der Waals surface area (Å²) in [5, 5.41) is 1.86. The van der Waals surface area contributed by atoms with Crippen LogP contribution in [0.3, 0.4) is 0 Å². The minimum absolute atomic E-state index is 0.0100. The minimum atomic E-state index is -2.91. The van der Waals surface area contributed by atoms with Gasteiger partial charge in [-0.3, -0.25) is 0 Å². The van der Waals surface area contributed by atoms with Crippen molar-refractivity contribution in [1.29, 1.82) is 0 Å². The van der Waals surface area contributed by atoms with Crippen molar-refractivity contribution in [3.05, 3.63) is 134 Å². The Morgan fingerprint density at radius 1 is 0.703 bits per heavy atom. The van der Waals surface area contributed by atoms with E-state index in [1.54, 1.807) is 0 Å². The van der Waals surface area contributed by atoms with E-state index in [0.29, 0.717) is 26.2 Å². The number of anilines is 2. The third kappa shape index (κ3) is 5.02. The number of hydrogen-bond donors (Lipinski definition) is 0. The van der Waals surface area contributed by atoms with Gasteiger partial charge in [0.05, 0.1) is 0 Å². The summed E-state index contributed by atoms with van der Waals surface area (Å²) >= 11 is 0. The lowest BCUT2D eigenvalue weighted by molar-refractivity contribution is 0.589. The Bertz CT molecular complexity index is 1290. The van der Waals surface area contributed by atoms with Gasteiger partial charge < -0.3 is 14.4 Å². The van der Waals surface area contributed by atoms with E-state index in [0.717, 1.165) is 33.1 Å². The molecular weight excluding hydrogens is 471 g/mol. The van der Waals surface area contributed by atoms with Crippen LogP contribution in [0.5, 0.6) is 0 Å². The van der Waals surface area contributed by atoms with Crippen molar-refractivity contribution in [2.24, 2.45) is 0 Å². The first-order valence-electron chi connectivity index (χ1n) is 12.7. The van der Waals surface area contributed by atoms with Crippen LogP contribution in [0.15, 0.2) is 111 Å². The van der Waals surface area contributed by atoms with E-state index in [-0.39, 0.29) is 5.92 Å². The summed E-state index contributed by atoms with van der Waals surface area (Å²) in [6.45, 7) is 22.5. The number of nitrogens with zero attached hydrogens (tertiary/aromatic N) is 2. The van der Waals surface area contributed by atoms with Crippen molar-refractivity contribution in [2.45, 2.75) is 12.8 Å². The quantitative estimate of drug-likeness (QED) is 0.210. The number of hydrogen-bond acceptors (Lipinski definition) is 3. The monoisotopic (exact) mass is 508 g/mol. The average Bonchev–Trinajstić information content (AvgIpc) is 2.89. The van der Waals surface area contributed by atoms with Gasteiger partial charge in [0.25, 0.3) is 0 Å². The van der Waals surface area contributed by atoms with Gasteiger partial charge in [-0.15, -0.1) is 26.3 Å². The van der Waals surface area contributed by atoms with Gasteiger partial charge in [-0.1, -0.05) is 60.7 Å². The molecule has 0 bridgehead atoms. The Labute approximate surface area is 222 Å². The molecule has 0 radical (unpaired) electrons. The van der Waals surface area contributed by atoms with E-state index in [4.69, 9.17) is 0 Å². The van der Waals surface area contributed by atoms with Gasteiger partial charge in [0, 0.05) is 54.1 Å². The zero-order valence-electron chi connectivity index (χ0n) is 22.1. The fraction of sp³-hybridized carbons (Fsp3) is 0.212. The Morgan fingerprint density at radius 2 is 1.14 bits per heavy atom. The highest BCUT2D eigenvalue weighted by atomic mass is 31.2. The SMILES string of the molecule is C=CCN(CC=C)c1ccc2c(c1)P(C)(=O)c1cc(N(CC=C)CC=C)ccc1C2c1ccccc1C. The summed E-state index contributed by atoms with van der Waals surface area (Å²) in [6, 6.07) is 21.4. The highest BCUT2D eigenvalue weighted by molar-refractivity contribution is 7.78. The van der Waals surface area contributed by atoms with Crippen LogP contribution in [-0.2, 0) is 4.57 Å². The minimum Gasteiger partial charge on any atom is -0.364 e. The molecule has 190 valence electrons. The fourth-order valence-corrected chi connectivity index (χ4v) is 7.83. The zero-order valence-corrected chi connectivity index (χ0v) is 23.0. The van der Waals surface area contributed by atoms with Crippen molar-refractivity contribution in [3.63, 3.8) is 0 Å². The Hall–Kier alpha value is -3.55. The van der Waals surface area contributed by atoms with Crippen molar-refractivity contribution in [2.75, 3.05) is 42.6 Å². The topological polar surface area (TPSA) is 23.6 Å². The van der Waals surface area contributed by atoms with Gasteiger partial charge >= 0.3 is 0 Å². The predicted molar refractivity (Wildman–Crippen MR) is 163 cm³/mol. The second-order valence-corrected chi connectivity index (χ2v) is 12.5. The predicted octanol–water partition coefficient (Wildman–Crippen LogP) is 6.79. The Kier molecular flexibility index (Phi) is 8.05. The molecule has 0 fully saturated rings. The molecule has 0 amide bonds. The highest BCUT2D eigenvalue weighted by Crippen LogP contribution is 2.51. The molecule has 0 spiro atoms. The lowest BCUT2D eigenvalue weighted by Crippen LogP contribution is -2.34. The summed E-state index contributed by atoms with van der Waals surface area (Å²) in [7, 11) is -2.91. The maximum absolute atomic E-state index is 14.8. The van der Waals surface area contributed by atoms with Crippen molar-refractivity contribution >= 4 is 29.1 Å². The Morgan fingerprint density at radius 3 is 1.54 bits per heavy atom. The molecule has 0 N–H and O–H groups in total. The van der Waals surface area contributed by atoms with E-state index in [1.807, 2.05) is 31.0 Å². The molecule has 1 aliphatic heterocycles. The number of fused-ring (bicyclic) bond motifs is 2. The normalized spacial score (nSPS) is 17.7. The van der Waals surface area contributed by atoms with Crippen LogP contribution in [-0.4, -0.2) is 32.8 Å². The van der Waals surface area contributed by atoms with Crippen LogP contribution in [0.2, 0.25) is 0 Å². The summed E-state index contributed by atoms with van der Waals surface area (Å²) in [4.78, 5) is 4.40. The fourth-order valence-electron chi connectivity index (χ4n) is 5.42. The van der Waals surface area contributed by atoms with Crippen LogP contribution in [0.4, 0.5) is 11.4 Å². The van der Waals surface area contributed by atoms with Crippen molar-refractivity contribution in [3.8, 4) is 0 Å². The molecule has 0 saturated carbocycles. The summed E-state index contributed by atoms with van der Waals surface area (Å²) < 4.78 is 14.8. The highest BCUT2D eigenvalue weighted by Gasteiger charge is 2.38. The van der Waals surface area contributed by atoms with E-state index in [2.05, 4.69) is 104 Å². The first-order chi connectivity index (χ1) is 17.9. The lowest BCUT2D eigenvalue weighted by atomic mass is 9.82. The maximum atomic E-state index is 14.8. The van der Waals surface area contributed by atoms with Gasteiger partial charge in [0.2, 0.25) is 0 Å². The lowest BCUT2D eigenvalue weighted by Gasteiger charge is -2.36. The van der Waals surface area contributed by atoms with E-state index < -0.39 is 7.14 Å². The zero-order chi connectivity index (χ0) is 26.6. The first-order valence-corrected chi connectivity index (χ1v) is 14.9. The molecule has 3 aromatic carbocycles.